The van der Waals surface area contributed by atoms with E-state index >= 15 is 0 Å². The lowest BCUT2D eigenvalue weighted by molar-refractivity contribution is -0.122. The highest BCUT2D eigenvalue weighted by Crippen LogP contribution is 2.31. The van der Waals surface area contributed by atoms with Crippen LogP contribution in [0.3, 0.4) is 0 Å². The van der Waals surface area contributed by atoms with E-state index in [1.54, 1.807) is 0 Å². The fraction of sp³-hybridized carbons (Fsp3) is 0.438. The number of unbranched alkanes of at least 4 members (excludes halogenated alkanes) is 2. The summed E-state index contributed by atoms with van der Waals surface area (Å²) in [7, 11) is 0. The average molecular weight is 257 g/mol. The number of aliphatic hydroxyl groups is 1. The standard InChI is InChI=1S/C16H19NO2/c1-2-3-4-5-10-15(19)17-16-13-9-7-6-8-12(13)11-14(16)18/h1,6-9,14,16,18H,3-5,10-11H2,(H,17,19)/t14-,16+/m1/s1. The second kappa shape index (κ2) is 6.40. The molecule has 19 heavy (non-hydrogen) atoms. The molecule has 0 bridgehead atoms. The van der Waals surface area contributed by atoms with Crippen LogP contribution in [-0.2, 0) is 11.2 Å². The number of hydrogen-bond donors (Lipinski definition) is 2. The van der Waals surface area contributed by atoms with Crippen LogP contribution in [0.2, 0.25) is 0 Å². The van der Waals surface area contributed by atoms with Gasteiger partial charge in [-0.1, -0.05) is 24.3 Å². The molecule has 0 radical (unpaired) electrons. The molecule has 2 rings (SSSR count). The molecule has 1 aliphatic rings. The third-order valence-corrected chi connectivity index (χ3v) is 3.50. The Labute approximate surface area is 114 Å². The van der Waals surface area contributed by atoms with Crippen LogP contribution < -0.4 is 5.32 Å². The van der Waals surface area contributed by atoms with Gasteiger partial charge >= 0.3 is 0 Å². The third kappa shape index (κ3) is 3.36. The van der Waals surface area contributed by atoms with Gasteiger partial charge in [0.2, 0.25) is 5.91 Å². The molecule has 0 saturated heterocycles. The van der Waals surface area contributed by atoms with E-state index < -0.39 is 6.10 Å². The molecule has 0 aliphatic heterocycles. The van der Waals surface area contributed by atoms with Gasteiger partial charge in [-0.3, -0.25) is 4.79 Å². The maximum absolute atomic E-state index is 11.8. The molecule has 0 heterocycles. The smallest absolute Gasteiger partial charge is 0.220 e. The van der Waals surface area contributed by atoms with Gasteiger partial charge in [-0.05, 0) is 24.0 Å². The van der Waals surface area contributed by atoms with Crippen LogP contribution in [0.1, 0.15) is 42.9 Å². The Morgan fingerprint density at radius 2 is 2.21 bits per heavy atom. The molecule has 0 saturated carbocycles. The van der Waals surface area contributed by atoms with Gasteiger partial charge in [-0.15, -0.1) is 12.3 Å². The van der Waals surface area contributed by atoms with Crippen molar-refractivity contribution < 1.29 is 9.90 Å². The number of hydrogen-bond acceptors (Lipinski definition) is 2. The predicted molar refractivity (Wildman–Crippen MR) is 74.3 cm³/mol. The molecule has 1 aromatic rings. The minimum atomic E-state index is -0.521. The van der Waals surface area contributed by atoms with E-state index in [0.29, 0.717) is 19.3 Å². The molecule has 1 aromatic carbocycles. The highest BCUT2D eigenvalue weighted by Gasteiger charge is 2.31. The van der Waals surface area contributed by atoms with Gasteiger partial charge in [0, 0.05) is 19.3 Å². The summed E-state index contributed by atoms with van der Waals surface area (Å²) in [5.74, 6) is 2.55. The molecule has 3 heteroatoms. The summed E-state index contributed by atoms with van der Waals surface area (Å²) in [6.45, 7) is 0. The SMILES string of the molecule is C#CCCCCC(=O)N[C@H]1c2ccccc2C[C@H]1O. The first-order valence-electron chi connectivity index (χ1n) is 6.71. The zero-order valence-electron chi connectivity index (χ0n) is 10.9. The number of carbonyl (C=O) groups is 1. The van der Waals surface area contributed by atoms with E-state index in [1.165, 1.54) is 0 Å². The highest BCUT2D eigenvalue weighted by atomic mass is 16.3. The second-order valence-corrected chi connectivity index (χ2v) is 4.93. The van der Waals surface area contributed by atoms with Crippen molar-refractivity contribution >= 4 is 5.91 Å². The van der Waals surface area contributed by atoms with Crippen LogP contribution in [0, 0.1) is 12.3 Å². The quantitative estimate of drug-likeness (QED) is 0.625. The van der Waals surface area contributed by atoms with E-state index in [2.05, 4.69) is 11.2 Å². The van der Waals surface area contributed by atoms with E-state index in [9.17, 15) is 9.90 Å². The lowest BCUT2D eigenvalue weighted by Crippen LogP contribution is -2.33. The molecule has 2 N–H and O–H groups in total. The molecular formula is C16H19NO2. The van der Waals surface area contributed by atoms with E-state index in [4.69, 9.17) is 6.42 Å². The van der Waals surface area contributed by atoms with Gasteiger partial charge in [0.05, 0.1) is 12.1 Å². The average Bonchev–Trinajstić information content (AvgIpc) is 2.72. The monoisotopic (exact) mass is 257 g/mol. The number of benzene rings is 1. The molecule has 2 atom stereocenters. The summed E-state index contributed by atoms with van der Waals surface area (Å²) in [6.07, 6.45) is 8.09. The van der Waals surface area contributed by atoms with Crippen molar-refractivity contribution in [1.82, 2.24) is 5.32 Å². The Balaban J connectivity index is 1.89. The molecule has 100 valence electrons. The van der Waals surface area contributed by atoms with Crippen molar-refractivity contribution in [2.24, 2.45) is 0 Å². The van der Waals surface area contributed by atoms with Crippen LogP contribution in [0.5, 0.6) is 0 Å². The van der Waals surface area contributed by atoms with E-state index in [1.807, 2.05) is 24.3 Å². The zero-order chi connectivity index (χ0) is 13.7. The van der Waals surface area contributed by atoms with Crippen molar-refractivity contribution in [3.8, 4) is 12.3 Å². The molecule has 3 nitrogen and oxygen atoms in total. The summed E-state index contributed by atoms with van der Waals surface area (Å²) in [5, 5.41) is 12.9. The minimum absolute atomic E-state index is 0.0159. The van der Waals surface area contributed by atoms with Crippen molar-refractivity contribution in [1.29, 1.82) is 0 Å². The van der Waals surface area contributed by atoms with Crippen molar-refractivity contribution in [3.63, 3.8) is 0 Å². The summed E-state index contributed by atoms with van der Waals surface area (Å²) in [6, 6.07) is 7.58. The Morgan fingerprint density at radius 3 is 3.00 bits per heavy atom. The van der Waals surface area contributed by atoms with E-state index in [-0.39, 0.29) is 11.9 Å². The van der Waals surface area contributed by atoms with E-state index in [0.717, 1.165) is 24.0 Å². The lowest BCUT2D eigenvalue weighted by atomic mass is 10.1. The van der Waals surface area contributed by atoms with Gasteiger partial charge in [0.15, 0.2) is 0 Å². The number of fused-ring (bicyclic) bond motifs is 1. The topological polar surface area (TPSA) is 49.3 Å². The Bertz CT molecular complexity index is 490. The van der Waals surface area contributed by atoms with Crippen molar-refractivity contribution in [2.75, 3.05) is 0 Å². The van der Waals surface area contributed by atoms with Crippen molar-refractivity contribution in [2.45, 2.75) is 44.2 Å². The Hall–Kier alpha value is -1.79. The fourth-order valence-corrected chi connectivity index (χ4v) is 2.51. The van der Waals surface area contributed by atoms with Gasteiger partial charge in [-0.2, -0.15) is 0 Å². The first-order chi connectivity index (χ1) is 9.22. The lowest BCUT2D eigenvalue weighted by Gasteiger charge is -2.17. The largest absolute Gasteiger partial charge is 0.390 e. The summed E-state index contributed by atoms with van der Waals surface area (Å²) < 4.78 is 0. The molecule has 1 aliphatic carbocycles. The number of amides is 1. The maximum Gasteiger partial charge on any atom is 0.220 e. The molecule has 0 spiro atoms. The summed E-state index contributed by atoms with van der Waals surface area (Å²) >= 11 is 0. The molecule has 0 aromatic heterocycles. The number of carbonyl (C=O) groups excluding carboxylic acids is 1. The third-order valence-electron chi connectivity index (χ3n) is 3.50. The molecule has 0 fully saturated rings. The molecule has 0 unspecified atom stereocenters. The zero-order valence-corrected chi connectivity index (χ0v) is 10.9. The summed E-state index contributed by atoms with van der Waals surface area (Å²) in [4.78, 5) is 11.8. The van der Waals surface area contributed by atoms with Crippen LogP contribution in [0.15, 0.2) is 24.3 Å². The first-order valence-corrected chi connectivity index (χ1v) is 6.71. The van der Waals surface area contributed by atoms with Crippen LogP contribution in [0.25, 0.3) is 0 Å². The molecular weight excluding hydrogens is 238 g/mol. The number of terminal acetylenes is 1. The number of aliphatic hydroxyl groups excluding tert-OH is 1. The Kier molecular flexibility index (Phi) is 4.59. The Morgan fingerprint density at radius 1 is 1.42 bits per heavy atom. The van der Waals surface area contributed by atoms with Gasteiger partial charge < -0.3 is 10.4 Å². The van der Waals surface area contributed by atoms with Gasteiger partial charge in [0.1, 0.15) is 0 Å². The van der Waals surface area contributed by atoms with Crippen LogP contribution in [-0.4, -0.2) is 17.1 Å². The predicted octanol–water partition coefficient (Wildman–Crippen LogP) is 1.95. The van der Waals surface area contributed by atoms with Gasteiger partial charge in [-0.25, -0.2) is 0 Å². The van der Waals surface area contributed by atoms with Crippen LogP contribution in [0.4, 0.5) is 0 Å². The van der Waals surface area contributed by atoms with Crippen LogP contribution >= 0.6 is 0 Å². The summed E-state index contributed by atoms with van der Waals surface area (Å²) in [5.41, 5.74) is 2.15. The fourth-order valence-electron chi connectivity index (χ4n) is 2.51. The van der Waals surface area contributed by atoms with Gasteiger partial charge in [0.25, 0.3) is 0 Å². The van der Waals surface area contributed by atoms with Crippen molar-refractivity contribution in [3.05, 3.63) is 35.4 Å². The highest BCUT2D eigenvalue weighted by molar-refractivity contribution is 5.76. The minimum Gasteiger partial charge on any atom is -0.390 e. The first kappa shape index (κ1) is 13.6. The normalized spacial score (nSPS) is 20.6. The maximum atomic E-state index is 11.8. The molecule has 1 amide bonds. The number of nitrogens with one attached hydrogen (secondary N) is 1. The second-order valence-electron chi connectivity index (χ2n) is 4.93. The number of rotatable bonds is 5.